The zero-order valence-corrected chi connectivity index (χ0v) is 12.2. The molecular weight excluding hydrogens is 239 g/mol. The lowest BCUT2D eigenvalue weighted by Crippen LogP contribution is -2.44. The molecule has 1 aromatic carbocycles. The molecule has 0 atom stereocenters. The van der Waals surface area contributed by atoms with Gasteiger partial charge < -0.3 is 10.2 Å². The average Bonchev–Trinajstić information content (AvgIpc) is 2.39. The van der Waals surface area contributed by atoms with Crippen LogP contribution >= 0.6 is 0 Å². The standard InChI is InChI=1S/C16H25FN2/c1-18-15-7-9-16(10-8-15,12-19(2)3)13-5-4-6-14(17)11-13/h4-6,11,15,18H,7-10,12H2,1-3H3. The molecular formula is C16H25FN2. The molecule has 0 amide bonds. The van der Waals surface area contributed by atoms with E-state index in [1.165, 1.54) is 18.9 Å². The van der Waals surface area contributed by atoms with Crippen LogP contribution in [-0.4, -0.2) is 38.6 Å². The van der Waals surface area contributed by atoms with Crippen LogP contribution < -0.4 is 5.32 Å². The van der Waals surface area contributed by atoms with Gasteiger partial charge in [0, 0.05) is 18.0 Å². The third-order valence-electron chi connectivity index (χ3n) is 4.41. The second-order valence-electron chi connectivity index (χ2n) is 6.09. The summed E-state index contributed by atoms with van der Waals surface area (Å²) in [5.74, 6) is -0.119. The zero-order valence-electron chi connectivity index (χ0n) is 12.2. The highest BCUT2D eigenvalue weighted by molar-refractivity contribution is 5.27. The highest BCUT2D eigenvalue weighted by Gasteiger charge is 2.37. The molecule has 0 radical (unpaired) electrons. The van der Waals surface area contributed by atoms with Crippen molar-refractivity contribution in [3.63, 3.8) is 0 Å². The van der Waals surface area contributed by atoms with Crippen LogP contribution in [0.3, 0.4) is 0 Å². The summed E-state index contributed by atoms with van der Waals surface area (Å²) in [5, 5.41) is 3.37. The summed E-state index contributed by atoms with van der Waals surface area (Å²) in [5.41, 5.74) is 1.27. The SMILES string of the molecule is CNC1CCC(CN(C)C)(c2cccc(F)c2)CC1. The number of rotatable bonds is 4. The average molecular weight is 264 g/mol. The molecule has 2 rings (SSSR count). The molecule has 1 aromatic rings. The van der Waals surface area contributed by atoms with E-state index in [2.05, 4.69) is 30.4 Å². The van der Waals surface area contributed by atoms with E-state index in [9.17, 15) is 4.39 Å². The molecule has 0 heterocycles. The summed E-state index contributed by atoms with van der Waals surface area (Å²) in [6.07, 6.45) is 4.59. The van der Waals surface area contributed by atoms with E-state index in [4.69, 9.17) is 0 Å². The molecule has 19 heavy (non-hydrogen) atoms. The molecule has 1 saturated carbocycles. The molecule has 1 aliphatic rings. The summed E-state index contributed by atoms with van der Waals surface area (Å²) in [7, 11) is 6.24. The van der Waals surface area contributed by atoms with Gasteiger partial charge in [0.25, 0.3) is 0 Å². The Hall–Kier alpha value is -0.930. The Balaban J connectivity index is 2.25. The third kappa shape index (κ3) is 3.34. The van der Waals surface area contributed by atoms with Crippen LogP contribution in [0.25, 0.3) is 0 Å². The Morgan fingerprint density at radius 2 is 2.00 bits per heavy atom. The molecule has 106 valence electrons. The van der Waals surface area contributed by atoms with Gasteiger partial charge in [0.15, 0.2) is 0 Å². The van der Waals surface area contributed by atoms with Gasteiger partial charge >= 0.3 is 0 Å². The Morgan fingerprint density at radius 1 is 1.32 bits per heavy atom. The lowest BCUT2D eigenvalue weighted by Gasteiger charge is -2.42. The molecule has 1 aliphatic carbocycles. The first-order chi connectivity index (χ1) is 9.05. The Kier molecular flexibility index (Phi) is 4.58. The van der Waals surface area contributed by atoms with E-state index < -0.39 is 0 Å². The summed E-state index contributed by atoms with van der Waals surface area (Å²) in [6.45, 7) is 0.993. The third-order valence-corrected chi connectivity index (χ3v) is 4.41. The predicted molar refractivity (Wildman–Crippen MR) is 77.9 cm³/mol. The monoisotopic (exact) mass is 264 g/mol. The summed E-state index contributed by atoms with van der Waals surface area (Å²) < 4.78 is 13.5. The van der Waals surface area contributed by atoms with E-state index in [1.54, 1.807) is 6.07 Å². The van der Waals surface area contributed by atoms with Gasteiger partial charge in [-0.25, -0.2) is 4.39 Å². The van der Waals surface area contributed by atoms with Crippen LogP contribution in [0.4, 0.5) is 4.39 Å². The van der Waals surface area contributed by atoms with Crippen molar-refractivity contribution < 1.29 is 4.39 Å². The number of hydrogen-bond acceptors (Lipinski definition) is 2. The first-order valence-electron chi connectivity index (χ1n) is 7.14. The van der Waals surface area contributed by atoms with Crippen molar-refractivity contribution in [3.8, 4) is 0 Å². The van der Waals surface area contributed by atoms with Crippen molar-refractivity contribution in [2.24, 2.45) is 0 Å². The van der Waals surface area contributed by atoms with Gasteiger partial charge in [0.05, 0.1) is 0 Å². The van der Waals surface area contributed by atoms with Crippen LogP contribution in [-0.2, 0) is 5.41 Å². The number of likely N-dealkylation sites (N-methyl/N-ethyl adjacent to an activating group) is 1. The van der Waals surface area contributed by atoms with Crippen molar-refractivity contribution in [2.45, 2.75) is 37.1 Å². The van der Waals surface area contributed by atoms with Gasteiger partial charge in [-0.3, -0.25) is 0 Å². The fourth-order valence-corrected chi connectivity index (χ4v) is 3.42. The molecule has 2 nitrogen and oxygen atoms in total. The molecule has 0 saturated heterocycles. The Labute approximate surface area is 116 Å². The topological polar surface area (TPSA) is 15.3 Å². The van der Waals surface area contributed by atoms with Crippen molar-refractivity contribution >= 4 is 0 Å². The van der Waals surface area contributed by atoms with E-state index in [1.807, 2.05) is 13.1 Å². The van der Waals surface area contributed by atoms with Crippen LogP contribution in [0.2, 0.25) is 0 Å². The van der Waals surface area contributed by atoms with Crippen molar-refractivity contribution in [3.05, 3.63) is 35.6 Å². The second kappa shape index (κ2) is 6.02. The van der Waals surface area contributed by atoms with Crippen LogP contribution in [0, 0.1) is 5.82 Å². The lowest BCUT2D eigenvalue weighted by molar-refractivity contribution is 0.195. The molecule has 0 unspecified atom stereocenters. The van der Waals surface area contributed by atoms with Gasteiger partial charge in [0.2, 0.25) is 0 Å². The molecule has 0 aromatic heterocycles. The quantitative estimate of drug-likeness (QED) is 0.899. The van der Waals surface area contributed by atoms with E-state index in [-0.39, 0.29) is 11.2 Å². The van der Waals surface area contributed by atoms with Crippen LogP contribution in [0.1, 0.15) is 31.2 Å². The minimum absolute atomic E-state index is 0.110. The number of nitrogens with zero attached hydrogens (tertiary/aromatic N) is 1. The normalized spacial score (nSPS) is 27.7. The first kappa shape index (κ1) is 14.5. The largest absolute Gasteiger partial charge is 0.317 e. The minimum atomic E-state index is -0.119. The first-order valence-corrected chi connectivity index (χ1v) is 7.14. The second-order valence-corrected chi connectivity index (χ2v) is 6.09. The maximum Gasteiger partial charge on any atom is 0.123 e. The van der Waals surface area contributed by atoms with Crippen LogP contribution in [0.15, 0.2) is 24.3 Å². The minimum Gasteiger partial charge on any atom is -0.317 e. The van der Waals surface area contributed by atoms with Gasteiger partial charge in [0.1, 0.15) is 5.82 Å². The van der Waals surface area contributed by atoms with Gasteiger partial charge in [-0.2, -0.15) is 0 Å². The molecule has 0 aliphatic heterocycles. The number of benzene rings is 1. The fraction of sp³-hybridized carbons (Fsp3) is 0.625. The Bertz CT molecular complexity index is 409. The van der Waals surface area contributed by atoms with Gasteiger partial charge in [-0.05, 0) is 64.5 Å². The molecule has 1 fully saturated rings. The number of hydrogen-bond donors (Lipinski definition) is 1. The van der Waals surface area contributed by atoms with E-state index in [0.717, 1.165) is 24.9 Å². The highest BCUT2D eigenvalue weighted by atomic mass is 19.1. The molecule has 3 heteroatoms. The van der Waals surface area contributed by atoms with Crippen LogP contribution in [0.5, 0.6) is 0 Å². The molecule has 0 spiro atoms. The van der Waals surface area contributed by atoms with Gasteiger partial charge in [-0.1, -0.05) is 12.1 Å². The maximum atomic E-state index is 13.5. The highest BCUT2D eigenvalue weighted by Crippen LogP contribution is 2.40. The van der Waals surface area contributed by atoms with E-state index in [0.29, 0.717) is 6.04 Å². The van der Waals surface area contributed by atoms with E-state index >= 15 is 0 Å². The maximum absolute atomic E-state index is 13.5. The smallest absolute Gasteiger partial charge is 0.123 e. The van der Waals surface area contributed by atoms with Crippen molar-refractivity contribution in [1.82, 2.24) is 10.2 Å². The van der Waals surface area contributed by atoms with Crippen molar-refractivity contribution in [2.75, 3.05) is 27.7 Å². The Morgan fingerprint density at radius 3 is 2.53 bits per heavy atom. The van der Waals surface area contributed by atoms with Crippen molar-refractivity contribution in [1.29, 1.82) is 0 Å². The van der Waals surface area contributed by atoms with Gasteiger partial charge in [-0.15, -0.1) is 0 Å². The summed E-state index contributed by atoms with van der Waals surface area (Å²) in [4.78, 5) is 2.23. The molecule has 0 bridgehead atoms. The summed E-state index contributed by atoms with van der Waals surface area (Å²) in [6, 6.07) is 7.80. The zero-order chi connectivity index (χ0) is 13.9. The summed E-state index contributed by atoms with van der Waals surface area (Å²) >= 11 is 0. The fourth-order valence-electron chi connectivity index (χ4n) is 3.42. The predicted octanol–water partition coefficient (Wildman–Crippen LogP) is 2.79. The molecule has 1 N–H and O–H groups in total. The lowest BCUT2D eigenvalue weighted by atomic mass is 9.68. The number of nitrogens with one attached hydrogen (secondary N) is 1. The number of halogens is 1.